The molecule has 8 nitrogen and oxygen atoms in total. The van der Waals surface area contributed by atoms with E-state index < -0.39 is 23.7 Å². The molecule has 172 valence electrons. The maximum Gasteiger partial charge on any atom is 0.410 e. The third-order valence-electron chi connectivity index (χ3n) is 5.12. The number of hydrogen-bond donors (Lipinski definition) is 1. The molecule has 1 aliphatic heterocycles. The van der Waals surface area contributed by atoms with Crippen LogP contribution in [-0.4, -0.2) is 54.9 Å². The van der Waals surface area contributed by atoms with E-state index in [1.165, 1.54) is 7.11 Å². The lowest BCUT2D eigenvalue weighted by atomic mass is 9.90. The van der Waals surface area contributed by atoms with Gasteiger partial charge < -0.3 is 24.4 Å². The van der Waals surface area contributed by atoms with Crippen LogP contribution in [0, 0.1) is 5.92 Å². The van der Waals surface area contributed by atoms with Crippen molar-refractivity contribution in [1.29, 1.82) is 0 Å². The van der Waals surface area contributed by atoms with Crippen molar-refractivity contribution in [2.24, 2.45) is 5.92 Å². The van der Waals surface area contributed by atoms with Crippen LogP contribution in [0.25, 0.3) is 0 Å². The summed E-state index contributed by atoms with van der Waals surface area (Å²) in [7, 11) is 1.30. The van der Waals surface area contributed by atoms with Gasteiger partial charge in [0.1, 0.15) is 18.2 Å². The number of alkyl carbamates (subject to hydrolysis) is 1. The number of hydrogen-bond acceptors (Lipinski definition) is 6. The number of rotatable bonds is 7. The maximum atomic E-state index is 12.2. The zero-order valence-corrected chi connectivity index (χ0v) is 18.9. The number of esters is 1. The number of amides is 2. The average molecular weight is 435 g/mol. The molecule has 0 aromatic heterocycles. The SMILES string of the molecule is COC(=O)[C@H](CCC1CCN(C(=O)OC(C)(C)C)CC1)NC(=O)OCc1ccccc1. The Balaban J connectivity index is 1.77. The smallest absolute Gasteiger partial charge is 0.410 e. The zero-order chi connectivity index (χ0) is 22.9. The third-order valence-corrected chi connectivity index (χ3v) is 5.12. The van der Waals surface area contributed by atoms with Crippen molar-refractivity contribution in [2.45, 2.75) is 64.7 Å². The second kappa shape index (κ2) is 11.6. The van der Waals surface area contributed by atoms with Gasteiger partial charge in [0.2, 0.25) is 0 Å². The van der Waals surface area contributed by atoms with Crippen LogP contribution >= 0.6 is 0 Å². The predicted molar refractivity (Wildman–Crippen MR) is 115 cm³/mol. The first-order valence-corrected chi connectivity index (χ1v) is 10.7. The maximum absolute atomic E-state index is 12.2. The summed E-state index contributed by atoms with van der Waals surface area (Å²) < 4.78 is 15.5. The largest absolute Gasteiger partial charge is 0.467 e. The normalized spacial score (nSPS) is 15.7. The fourth-order valence-corrected chi connectivity index (χ4v) is 3.43. The molecule has 1 fully saturated rings. The molecule has 1 aromatic carbocycles. The van der Waals surface area contributed by atoms with E-state index in [1.54, 1.807) is 4.90 Å². The van der Waals surface area contributed by atoms with Gasteiger partial charge in [0.15, 0.2) is 0 Å². The Morgan fingerprint density at radius 1 is 1.13 bits per heavy atom. The molecule has 0 bridgehead atoms. The summed E-state index contributed by atoms with van der Waals surface area (Å²) in [6.45, 7) is 6.92. The van der Waals surface area contributed by atoms with Gasteiger partial charge in [-0.25, -0.2) is 14.4 Å². The number of likely N-dealkylation sites (tertiary alicyclic amines) is 1. The van der Waals surface area contributed by atoms with E-state index in [4.69, 9.17) is 14.2 Å². The summed E-state index contributed by atoms with van der Waals surface area (Å²) in [5.41, 5.74) is 0.353. The minimum atomic E-state index is -0.767. The van der Waals surface area contributed by atoms with E-state index in [0.29, 0.717) is 25.4 Å². The average Bonchev–Trinajstić information content (AvgIpc) is 2.74. The molecule has 0 radical (unpaired) electrons. The fourth-order valence-electron chi connectivity index (χ4n) is 3.43. The Kier molecular flexibility index (Phi) is 9.15. The monoisotopic (exact) mass is 434 g/mol. The Bertz CT molecular complexity index is 723. The Hall–Kier alpha value is -2.77. The van der Waals surface area contributed by atoms with Crippen LogP contribution in [0.15, 0.2) is 30.3 Å². The first-order chi connectivity index (χ1) is 14.7. The molecule has 1 heterocycles. The van der Waals surface area contributed by atoms with Gasteiger partial charge in [-0.1, -0.05) is 30.3 Å². The van der Waals surface area contributed by atoms with Crippen molar-refractivity contribution in [3.05, 3.63) is 35.9 Å². The Morgan fingerprint density at radius 2 is 1.77 bits per heavy atom. The van der Waals surface area contributed by atoms with Gasteiger partial charge in [0, 0.05) is 13.1 Å². The van der Waals surface area contributed by atoms with Gasteiger partial charge in [-0.3, -0.25) is 0 Å². The van der Waals surface area contributed by atoms with Crippen molar-refractivity contribution < 1.29 is 28.6 Å². The Labute approximate surface area is 184 Å². The lowest BCUT2D eigenvalue weighted by Gasteiger charge is -2.33. The van der Waals surface area contributed by atoms with Crippen LogP contribution in [0.4, 0.5) is 9.59 Å². The van der Waals surface area contributed by atoms with Crippen LogP contribution in [0.3, 0.4) is 0 Å². The van der Waals surface area contributed by atoms with Crippen LogP contribution < -0.4 is 5.32 Å². The molecule has 8 heteroatoms. The standard InChI is InChI=1S/C23H34N2O6/c1-23(2,3)31-22(28)25-14-12-17(13-15-25)10-11-19(20(26)29-4)24-21(27)30-16-18-8-6-5-7-9-18/h5-9,17,19H,10-16H2,1-4H3,(H,24,27)/t19-/m0/s1. The number of ether oxygens (including phenoxy) is 3. The highest BCUT2D eigenvalue weighted by Gasteiger charge is 2.29. The molecule has 0 unspecified atom stereocenters. The topological polar surface area (TPSA) is 94.2 Å². The number of piperidine rings is 1. The van der Waals surface area contributed by atoms with Crippen LogP contribution in [0.1, 0.15) is 52.0 Å². The molecule has 1 atom stereocenters. The molecule has 1 saturated heterocycles. The predicted octanol–water partition coefficient (Wildman–Crippen LogP) is 3.88. The van der Waals surface area contributed by atoms with Gasteiger partial charge in [0.25, 0.3) is 0 Å². The van der Waals surface area contributed by atoms with Crippen molar-refractivity contribution in [2.75, 3.05) is 20.2 Å². The van der Waals surface area contributed by atoms with Gasteiger partial charge in [-0.2, -0.15) is 0 Å². The van der Waals surface area contributed by atoms with Crippen molar-refractivity contribution in [1.82, 2.24) is 10.2 Å². The van der Waals surface area contributed by atoms with E-state index >= 15 is 0 Å². The van der Waals surface area contributed by atoms with E-state index in [2.05, 4.69) is 5.32 Å². The van der Waals surface area contributed by atoms with E-state index in [0.717, 1.165) is 24.8 Å². The minimum absolute atomic E-state index is 0.129. The second-order valence-corrected chi connectivity index (χ2v) is 8.77. The molecule has 1 N–H and O–H groups in total. The van der Waals surface area contributed by atoms with Crippen LogP contribution in [0.5, 0.6) is 0 Å². The van der Waals surface area contributed by atoms with Gasteiger partial charge >= 0.3 is 18.2 Å². The summed E-state index contributed by atoms with van der Waals surface area (Å²) >= 11 is 0. The lowest BCUT2D eigenvalue weighted by Crippen LogP contribution is -2.43. The Morgan fingerprint density at radius 3 is 2.35 bits per heavy atom. The highest BCUT2D eigenvalue weighted by molar-refractivity contribution is 5.81. The molecular weight excluding hydrogens is 400 g/mol. The van der Waals surface area contributed by atoms with Crippen molar-refractivity contribution in [3.63, 3.8) is 0 Å². The van der Waals surface area contributed by atoms with E-state index in [9.17, 15) is 14.4 Å². The lowest BCUT2D eigenvalue weighted by molar-refractivity contribution is -0.143. The summed E-state index contributed by atoms with van der Waals surface area (Å²) in [6, 6.07) is 8.56. The summed E-state index contributed by atoms with van der Waals surface area (Å²) in [6.07, 6.45) is 1.89. The molecule has 1 aliphatic rings. The second-order valence-electron chi connectivity index (χ2n) is 8.77. The molecule has 0 spiro atoms. The first-order valence-electron chi connectivity index (χ1n) is 10.7. The molecule has 2 amide bonds. The molecule has 0 aliphatic carbocycles. The number of nitrogens with zero attached hydrogens (tertiary/aromatic N) is 1. The summed E-state index contributed by atoms with van der Waals surface area (Å²) in [4.78, 5) is 38.1. The highest BCUT2D eigenvalue weighted by Crippen LogP contribution is 2.24. The quantitative estimate of drug-likeness (QED) is 0.517. The third kappa shape index (κ3) is 8.86. The van der Waals surface area contributed by atoms with E-state index in [-0.39, 0.29) is 12.7 Å². The van der Waals surface area contributed by atoms with Crippen molar-refractivity contribution in [3.8, 4) is 0 Å². The molecule has 1 aromatic rings. The number of benzene rings is 1. The molecule has 2 rings (SSSR count). The number of carbonyl (C=O) groups is 3. The molecular formula is C23H34N2O6. The van der Waals surface area contributed by atoms with Gasteiger partial charge in [0.05, 0.1) is 7.11 Å². The van der Waals surface area contributed by atoms with Gasteiger partial charge in [-0.15, -0.1) is 0 Å². The summed E-state index contributed by atoms with van der Waals surface area (Å²) in [5.74, 6) is -0.143. The minimum Gasteiger partial charge on any atom is -0.467 e. The molecule has 31 heavy (non-hydrogen) atoms. The van der Waals surface area contributed by atoms with Gasteiger partial charge in [-0.05, 0) is 57.9 Å². The highest BCUT2D eigenvalue weighted by atomic mass is 16.6. The number of carbonyl (C=O) groups excluding carboxylic acids is 3. The first kappa shape index (κ1) is 24.5. The summed E-state index contributed by atoms with van der Waals surface area (Å²) in [5, 5.41) is 2.61. The zero-order valence-electron chi connectivity index (χ0n) is 18.9. The van der Waals surface area contributed by atoms with E-state index in [1.807, 2.05) is 51.1 Å². The molecule has 0 saturated carbocycles. The fraction of sp³-hybridized carbons (Fsp3) is 0.609. The van der Waals surface area contributed by atoms with Crippen LogP contribution in [0.2, 0.25) is 0 Å². The number of methoxy groups -OCH3 is 1. The van der Waals surface area contributed by atoms with Crippen LogP contribution in [-0.2, 0) is 25.6 Å². The van der Waals surface area contributed by atoms with Crippen molar-refractivity contribution >= 4 is 18.2 Å². The number of nitrogens with one attached hydrogen (secondary N) is 1.